The van der Waals surface area contributed by atoms with Crippen molar-refractivity contribution in [3.8, 4) is 0 Å². The Labute approximate surface area is 109 Å². The molecular weight excluding hydrogens is 262 g/mol. The Kier molecular flexibility index (Phi) is 7.72. The predicted octanol–water partition coefficient (Wildman–Crippen LogP) is -2.48. The van der Waals surface area contributed by atoms with Gasteiger partial charge in [-0.05, 0) is 0 Å². The number of ketones is 1. The van der Waals surface area contributed by atoms with E-state index in [2.05, 4.69) is 17.9 Å². The summed E-state index contributed by atoms with van der Waals surface area (Å²) >= 11 is 3.81. The van der Waals surface area contributed by atoms with E-state index in [-0.39, 0.29) is 5.75 Å². The summed E-state index contributed by atoms with van der Waals surface area (Å²) < 4.78 is 0. The summed E-state index contributed by atoms with van der Waals surface area (Å²) in [6.07, 6.45) is -0.437. The zero-order valence-electron chi connectivity index (χ0n) is 9.51. The molecule has 0 bridgehead atoms. The van der Waals surface area contributed by atoms with E-state index in [0.717, 1.165) is 0 Å². The molecule has 0 aromatic heterocycles. The third-order valence-corrected chi connectivity index (χ3v) is 2.22. The van der Waals surface area contributed by atoms with Crippen LogP contribution in [0.3, 0.4) is 0 Å². The fourth-order valence-corrected chi connectivity index (χ4v) is 1.07. The highest BCUT2D eigenvalue weighted by atomic mass is 32.1. The zero-order chi connectivity index (χ0) is 14.1. The normalized spacial score (nSPS) is 11.4. The summed E-state index contributed by atoms with van der Waals surface area (Å²) in [6, 6.07) is -0.820. The van der Waals surface area contributed by atoms with Gasteiger partial charge in [0.05, 0.1) is 19.0 Å². The lowest BCUT2D eigenvalue weighted by Gasteiger charge is -2.07. The summed E-state index contributed by atoms with van der Waals surface area (Å²) in [7, 11) is 0. The third-order valence-electron chi connectivity index (χ3n) is 1.83. The maximum atomic E-state index is 11.2. The SMILES string of the molecule is N[C@@H](CS)C(=O)CC(=O)NCC(=O)NCC(=O)O. The molecule has 9 heteroatoms. The summed E-state index contributed by atoms with van der Waals surface area (Å²) in [5.41, 5.74) is 5.35. The molecule has 0 spiro atoms. The van der Waals surface area contributed by atoms with Crippen molar-refractivity contribution in [2.24, 2.45) is 5.73 Å². The largest absolute Gasteiger partial charge is 0.480 e. The number of carboxylic acids is 1. The Morgan fingerprint density at radius 3 is 2.17 bits per heavy atom. The standard InChI is InChI=1S/C9H15N3O5S/c10-5(4-18)6(13)1-7(14)11-2-8(15)12-3-9(16)17/h5,18H,1-4,10H2,(H,11,14)(H,12,15)(H,16,17)/t5-/m0/s1. The van der Waals surface area contributed by atoms with E-state index in [1.807, 2.05) is 5.32 Å². The number of carbonyl (C=O) groups excluding carboxylic acids is 3. The van der Waals surface area contributed by atoms with Crippen LogP contribution in [0.25, 0.3) is 0 Å². The van der Waals surface area contributed by atoms with Crippen LogP contribution in [0.1, 0.15) is 6.42 Å². The van der Waals surface area contributed by atoms with Crippen LogP contribution in [-0.4, -0.2) is 53.6 Å². The van der Waals surface area contributed by atoms with E-state index in [0.29, 0.717) is 0 Å². The number of nitrogens with two attached hydrogens (primary N) is 1. The van der Waals surface area contributed by atoms with Gasteiger partial charge in [-0.2, -0.15) is 12.6 Å². The molecule has 102 valence electrons. The van der Waals surface area contributed by atoms with E-state index in [9.17, 15) is 19.2 Å². The number of rotatable bonds is 8. The van der Waals surface area contributed by atoms with Gasteiger partial charge < -0.3 is 21.5 Å². The molecule has 0 fully saturated rings. The molecule has 0 unspecified atom stereocenters. The Balaban J connectivity index is 3.86. The molecule has 0 aliphatic rings. The number of carboxylic acid groups (broad SMARTS) is 1. The number of amides is 2. The lowest BCUT2D eigenvalue weighted by molar-refractivity contribution is -0.137. The summed E-state index contributed by atoms with van der Waals surface area (Å²) in [5.74, 6) is -2.84. The quantitative estimate of drug-likeness (QED) is 0.246. The van der Waals surface area contributed by atoms with Gasteiger partial charge in [-0.15, -0.1) is 0 Å². The molecule has 18 heavy (non-hydrogen) atoms. The van der Waals surface area contributed by atoms with Crippen molar-refractivity contribution in [3.05, 3.63) is 0 Å². The van der Waals surface area contributed by atoms with Crippen molar-refractivity contribution < 1.29 is 24.3 Å². The zero-order valence-corrected chi connectivity index (χ0v) is 10.4. The number of Topliss-reactive ketones (excluding diaryl/α,β-unsaturated/α-hetero) is 1. The van der Waals surface area contributed by atoms with Crippen LogP contribution in [-0.2, 0) is 19.2 Å². The second-order valence-corrected chi connectivity index (χ2v) is 3.74. The molecule has 0 aromatic carbocycles. The van der Waals surface area contributed by atoms with Crippen LogP contribution in [0.5, 0.6) is 0 Å². The van der Waals surface area contributed by atoms with Gasteiger partial charge in [-0.1, -0.05) is 0 Å². The molecule has 2 amide bonds. The number of nitrogens with one attached hydrogen (secondary N) is 2. The van der Waals surface area contributed by atoms with E-state index >= 15 is 0 Å². The van der Waals surface area contributed by atoms with Gasteiger partial charge in [0.15, 0.2) is 5.78 Å². The minimum absolute atomic E-state index is 0.130. The Morgan fingerprint density at radius 1 is 1.11 bits per heavy atom. The van der Waals surface area contributed by atoms with Gasteiger partial charge in [0, 0.05) is 5.75 Å². The topological polar surface area (TPSA) is 139 Å². The Morgan fingerprint density at radius 2 is 1.67 bits per heavy atom. The maximum absolute atomic E-state index is 11.2. The average Bonchev–Trinajstić information content (AvgIpc) is 2.32. The fourth-order valence-electron chi connectivity index (χ4n) is 0.869. The van der Waals surface area contributed by atoms with Crippen LogP contribution in [0, 0.1) is 0 Å². The lowest BCUT2D eigenvalue weighted by Crippen LogP contribution is -2.41. The maximum Gasteiger partial charge on any atom is 0.322 e. The van der Waals surface area contributed by atoms with Crippen LogP contribution in [0.4, 0.5) is 0 Å². The molecule has 0 rings (SSSR count). The van der Waals surface area contributed by atoms with Gasteiger partial charge in [0.2, 0.25) is 11.8 Å². The number of hydrogen-bond donors (Lipinski definition) is 5. The van der Waals surface area contributed by atoms with Gasteiger partial charge in [0.25, 0.3) is 0 Å². The van der Waals surface area contributed by atoms with E-state index < -0.39 is 49.1 Å². The lowest BCUT2D eigenvalue weighted by atomic mass is 10.1. The first-order chi connectivity index (χ1) is 8.36. The van der Waals surface area contributed by atoms with Gasteiger partial charge >= 0.3 is 5.97 Å². The Hall–Kier alpha value is -1.61. The van der Waals surface area contributed by atoms with Gasteiger partial charge in [0.1, 0.15) is 6.54 Å². The number of thiol groups is 1. The first-order valence-electron chi connectivity index (χ1n) is 5.01. The highest BCUT2D eigenvalue weighted by Crippen LogP contribution is 1.91. The van der Waals surface area contributed by atoms with E-state index in [4.69, 9.17) is 10.8 Å². The number of hydrogen-bond acceptors (Lipinski definition) is 6. The summed E-state index contributed by atoms with van der Waals surface area (Å²) in [4.78, 5) is 43.6. The highest BCUT2D eigenvalue weighted by Gasteiger charge is 2.16. The number of carbonyl (C=O) groups is 4. The monoisotopic (exact) mass is 277 g/mol. The molecule has 0 aromatic rings. The molecule has 0 aliphatic heterocycles. The van der Waals surface area contributed by atoms with Crippen molar-refractivity contribution in [1.82, 2.24) is 10.6 Å². The van der Waals surface area contributed by atoms with Crippen molar-refractivity contribution in [1.29, 1.82) is 0 Å². The third kappa shape index (κ3) is 7.63. The van der Waals surface area contributed by atoms with Crippen LogP contribution < -0.4 is 16.4 Å². The fraction of sp³-hybridized carbons (Fsp3) is 0.556. The highest BCUT2D eigenvalue weighted by molar-refractivity contribution is 7.80. The molecule has 0 heterocycles. The molecule has 0 saturated heterocycles. The Bertz CT molecular complexity index is 347. The van der Waals surface area contributed by atoms with Gasteiger partial charge in [-0.3, -0.25) is 19.2 Å². The van der Waals surface area contributed by atoms with Crippen molar-refractivity contribution >= 4 is 36.2 Å². The predicted molar refractivity (Wildman–Crippen MR) is 65.1 cm³/mol. The average molecular weight is 277 g/mol. The molecule has 8 nitrogen and oxygen atoms in total. The number of aliphatic carboxylic acids is 1. The van der Waals surface area contributed by atoms with E-state index in [1.54, 1.807) is 0 Å². The second-order valence-electron chi connectivity index (χ2n) is 3.38. The van der Waals surface area contributed by atoms with Crippen molar-refractivity contribution in [2.45, 2.75) is 12.5 Å². The molecule has 1 atom stereocenters. The molecular formula is C9H15N3O5S. The second kappa shape index (κ2) is 8.48. The molecule has 0 saturated carbocycles. The van der Waals surface area contributed by atoms with Gasteiger partial charge in [-0.25, -0.2) is 0 Å². The molecule has 0 radical (unpaired) electrons. The summed E-state index contributed by atoms with van der Waals surface area (Å²) in [6.45, 7) is -0.923. The van der Waals surface area contributed by atoms with Crippen molar-refractivity contribution in [3.63, 3.8) is 0 Å². The smallest absolute Gasteiger partial charge is 0.322 e. The minimum Gasteiger partial charge on any atom is -0.480 e. The van der Waals surface area contributed by atoms with E-state index in [1.165, 1.54) is 0 Å². The minimum atomic E-state index is -1.19. The van der Waals surface area contributed by atoms with Crippen molar-refractivity contribution in [2.75, 3.05) is 18.8 Å². The molecule has 5 N–H and O–H groups in total. The first-order valence-corrected chi connectivity index (χ1v) is 5.64. The first kappa shape index (κ1) is 16.4. The van der Waals surface area contributed by atoms with Crippen LogP contribution >= 0.6 is 12.6 Å². The van der Waals surface area contributed by atoms with Crippen LogP contribution in [0.2, 0.25) is 0 Å². The summed E-state index contributed by atoms with van der Waals surface area (Å²) in [5, 5.41) is 12.5. The molecule has 0 aliphatic carbocycles. The van der Waals surface area contributed by atoms with Crippen LogP contribution in [0.15, 0.2) is 0 Å².